The van der Waals surface area contributed by atoms with E-state index in [0.29, 0.717) is 24.4 Å². The molecule has 0 atom stereocenters. The van der Waals surface area contributed by atoms with Crippen LogP contribution in [0.2, 0.25) is 0 Å². The first-order valence-corrected chi connectivity index (χ1v) is 8.46. The number of aromatic nitrogens is 2. The molecule has 0 spiro atoms. The second kappa shape index (κ2) is 5.66. The van der Waals surface area contributed by atoms with Gasteiger partial charge in [0.1, 0.15) is 5.69 Å². The standard InChI is InChI=1S/C16H15N3O3S/c20-15(12-9-23-10-17-12)18-7-5-11(6-8-18)19-13-3-1-2-4-14(13)22-16(19)21/h1-4,9-11H,5-8H2. The van der Waals surface area contributed by atoms with E-state index in [1.54, 1.807) is 26.4 Å². The lowest BCUT2D eigenvalue weighted by Crippen LogP contribution is -2.40. The van der Waals surface area contributed by atoms with Crippen LogP contribution >= 0.6 is 11.3 Å². The summed E-state index contributed by atoms with van der Waals surface area (Å²) in [4.78, 5) is 30.3. The highest BCUT2D eigenvalue weighted by atomic mass is 32.1. The maximum absolute atomic E-state index is 12.3. The molecule has 1 aromatic carbocycles. The number of para-hydroxylation sites is 2. The number of carbonyl (C=O) groups excluding carboxylic acids is 1. The zero-order valence-electron chi connectivity index (χ0n) is 12.3. The predicted molar refractivity (Wildman–Crippen MR) is 86.8 cm³/mol. The first kappa shape index (κ1) is 14.2. The number of piperidine rings is 1. The van der Waals surface area contributed by atoms with Crippen molar-refractivity contribution in [1.82, 2.24) is 14.5 Å². The molecule has 0 unspecified atom stereocenters. The number of amides is 1. The summed E-state index contributed by atoms with van der Waals surface area (Å²) in [6.45, 7) is 1.24. The number of hydrogen-bond donors (Lipinski definition) is 0. The molecule has 0 bridgehead atoms. The molecule has 7 heteroatoms. The lowest BCUT2D eigenvalue weighted by atomic mass is 10.0. The van der Waals surface area contributed by atoms with Gasteiger partial charge >= 0.3 is 5.76 Å². The third-order valence-electron chi connectivity index (χ3n) is 4.29. The molecular weight excluding hydrogens is 314 g/mol. The molecule has 3 aromatic rings. The number of benzene rings is 1. The van der Waals surface area contributed by atoms with E-state index >= 15 is 0 Å². The Labute approximate surface area is 136 Å². The first-order chi connectivity index (χ1) is 11.2. The molecule has 0 aliphatic carbocycles. The number of fused-ring (bicyclic) bond motifs is 1. The van der Waals surface area contributed by atoms with Gasteiger partial charge in [-0.3, -0.25) is 9.36 Å². The van der Waals surface area contributed by atoms with Crippen LogP contribution in [-0.2, 0) is 0 Å². The zero-order chi connectivity index (χ0) is 15.8. The van der Waals surface area contributed by atoms with Crippen molar-refractivity contribution in [2.75, 3.05) is 13.1 Å². The van der Waals surface area contributed by atoms with Crippen molar-refractivity contribution < 1.29 is 9.21 Å². The minimum atomic E-state index is -0.324. The monoisotopic (exact) mass is 329 g/mol. The van der Waals surface area contributed by atoms with Crippen molar-refractivity contribution in [3.63, 3.8) is 0 Å². The highest BCUT2D eigenvalue weighted by molar-refractivity contribution is 7.07. The van der Waals surface area contributed by atoms with Crippen molar-refractivity contribution in [1.29, 1.82) is 0 Å². The fourth-order valence-electron chi connectivity index (χ4n) is 3.14. The molecule has 1 fully saturated rings. The molecule has 1 aliphatic rings. The van der Waals surface area contributed by atoms with Crippen LogP contribution in [0.3, 0.4) is 0 Å². The van der Waals surface area contributed by atoms with Gasteiger partial charge in [0.05, 0.1) is 11.0 Å². The van der Waals surface area contributed by atoms with Crippen molar-refractivity contribution in [2.45, 2.75) is 18.9 Å². The molecule has 1 aliphatic heterocycles. The minimum Gasteiger partial charge on any atom is -0.408 e. The number of nitrogens with zero attached hydrogens (tertiary/aromatic N) is 3. The average Bonchev–Trinajstić information content (AvgIpc) is 3.21. The quantitative estimate of drug-likeness (QED) is 0.724. The van der Waals surface area contributed by atoms with Crippen molar-refractivity contribution in [3.8, 4) is 0 Å². The van der Waals surface area contributed by atoms with E-state index in [4.69, 9.17) is 4.42 Å². The molecule has 6 nitrogen and oxygen atoms in total. The smallest absolute Gasteiger partial charge is 0.408 e. The molecule has 0 N–H and O–H groups in total. The van der Waals surface area contributed by atoms with Gasteiger partial charge in [0, 0.05) is 24.5 Å². The van der Waals surface area contributed by atoms with Crippen molar-refractivity contribution >= 4 is 28.3 Å². The largest absolute Gasteiger partial charge is 0.420 e. The number of oxazole rings is 1. The van der Waals surface area contributed by atoms with Gasteiger partial charge < -0.3 is 9.32 Å². The number of rotatable bonds is 2. The minimum absolute atomic E-state index is 0.0332. The second-order valence-electron chi connectivity index (χ2n) is 5.60. The Morgan fingerprint density at radius 2 is 2.04 bits per heavy atom. The van der Waals surface area contributed by atoms with E-state index in [-0.39, 0.29) is 17.7 Å². The summed E-state index contributed by atoms with van der Waals surface area (Å²) in [5, 5.41) is 1.77. The Bertz CT molecular complexity index is 889. The number of likely N-dealkylation sites (tertiary alicyclic amines) is 1. The molecule has 0 radical (unpaired) electrons. The van der Waals surface area contributed by atoms with E-state index in [9.17, 15) is 9.59 Å². The highest BCUT2D eigenvalue weighted by Crippen LogP contribution is 2.26. The van der Waals surface area contributed by atoms with Gasteiger partial charge in [-0.1, -0.05) is 12.1 Å². The summed E-state index contributed by atoms with van der Waals surface area (Å²) in [5.41, 5.74) is 3.59. The lowest BCUT2D eigenvalue weighted by Gasteiger charge is -2.31. The Balaban J connectivity index is 1.54. The molecule has 23 heavy (non-hydrogen) atoms. The SMILES string of the molecule is O=C(c1cscn1)N1CCC(n2c(=O)oc3ccccc32)CC1. The molecule has 118 valence electrons. The Morgan fingerprint density at radius 3 is 2.78 bits per heavy atom. The van der Waals surface area contributed by atoms with E-state index in [1.807, 2.05) is 18.2 Å². The van der Waals surface area contributed by atoms with Gasteiger partial charge in [-0.2, -0.15) is 0 Å². The van der Waals surface area contributed by atoms with Gasteiger partial charge in [0.25, 0.3) is 5.91 Å². The topological polar surface area (TPSA) is 68.3 Å². The third-order valence-corrected chi connectivity index (χ3v) is 4.87. The Hall–Kier alpha value is -2.41. The summed E-state index contributed by atoms with van der Waals surface area (Å²) < 4.78 is 7.03. The van der Waals surface area contributed by atoms with E-state index < -0.39 is 0 Å². The Kier molecular flexibility index (Phi) is 3.49. The molecular formula is C16H15N3O3S. The normalized spacial score (nSPS) is 16.1. The van der Waals surface area contributed by atoms with Crippen LogP contribution in [0.4, 0.5) is 0 Å². The second-order valence-corrected chi connectivity index (χ2v) is 6.32. The van der Waals surface area contributed by atoms with Crippen LogP contribution in [0.25, 0.3) is 11.1 Å². The van der Waals surface area contributed by atoms with Crippen LogP contribution in [-0.4, -0.2) is 33.4 Å². The number of hydrogen-bond acceptors (Lipinski definition) is 5. The van der Waals surface area contributed by atoms with E-state index in [2.05, 4.69) is 4.98 Å². The zero-order valence-corrected chi connectivity index (χ0v) is 13.2. The van der Waals surface area contributed by atoms with Gasteiger partial charge in [-0.15, -0.1) is 11.3 Å². The van der Waals surface area contributed by atoms with Crippen LogP contribution in [0.1, 0.15) is 29.4 Å². The average molecular weight is 329 g/mol. The van der Waals surface area contributed by atoms with E-state index in [0.717, 1.165) is 18.4 Å². The van der Waals surface area contributed by atoms with Gasteiger partial charge in [0.15, 0.2) is 5.58 Å². The maximum atomic E-state index is 12.3. The molecule has 3 heterocycles. The lowest BCUT2D eigenvalue weighted by molar-refractivity contribution is 0.0688. The molecule has 4 rings (SSSR count). The molecule has 2 aromatic heterocycles. The third kappa shape index (κ3) is 2.46. The van der Waals surface area contributed by atoms with Crippen molar-refractivity contribution in [3.05, 3.63) is 51.4 Å². The molecule has 1 amide bonds. The van der Waals surface area contributed by atoms with E-state index in [1.165, 1.54) is 11.3 Å². The van der Waals surface area contributed by atoms with Crippen LogP contribution in [0, 0.1) is 0 Å². The van der Waals surface area contributed by atoms with Crippen LogP contribution in [0.15, 0.2) is 44.4 Å². The van der Waals surface area contributed by atoms with Crippen LogP contribution in [0.5, 0.6) is 0 Å². The number of carbonyl (C=O) groups is 1. The summed E-state index contributed by atoms with van der Waals surface area (Å²) >= 11 is 1.42. The Morgan fingerprint density at radius 1 is 1.26 bits per heavy atom. The first-order valence-electron chi connectivity index (χ1n) is 7.51. The maximum Gasteiger partial charge on any atom is 0.420 e. The number of thiazole rings is 1. The molecule has 0 saturated carbocycles. The summed E-state index contributed by atoms with van der Waals surface area (Å²) in [5.74, 6) is -0.357. The fraction of sp³-hybridized carbons (Fsp3) is 0.312. The van der Waals surface area contributed by atoms with Crippen molar-refractivity contribution in [2.24, 2.45) is 0 Å². The summed E-state index contributed by atoms with van der Waals surface area (Å²) in [6, 6.07) is 7.51. The summed E-state index contributed by atoms with van der Waals surface area (Å²) in [6.07, 6.45) is 1.47. The van der Waals surface area contributed by atoms with Gasteiger partial charge in [0.2, 0.25) is 0 Å². The van der Waals surface area contributed by atoms with Gasteiger partial charge in [-0.05, 0) is 25.0 Å². The fourth-order valence-corrected chi connectivity index (χ4v) is 3.66. The highest BCUT2D eigenvalue weighted by Gasteiger charge is 2.27. The van der Waals surface area contributed by atoms with Gasteiger partial charge in [-0.25, -0.2) is 9.78 Å². The summed E-state index contributed by atoms with van der Waals surface area (Å²) in [7, 11) is 0. The predicted octanol–water partition coefficient (Wildman–Crippen LogP) is 2.53. The molecule has 1 saturated heterocycles. The van der Waals surface area contributed by atoms with Crippen LogP contribution < -0.4 is 5.76 Å².